The van der Waals surface area contributed by atoms with Crippen molar-refractivity contribution >= 4 is 28.7 Å². The zero-order valence-electron chi connectivity index (χ0n) is 15.0. The Labute approximate surface area is 161 Å². The van der Waals surface area contributed by atoms with Gasteiger partial charge in [-0.2, -0.15) is 5.10 Å². The van der Waals surface area contributed by atoms with Crippen LogP contribution in [0.15, 0.2) is 59.7 Å². The van der Waals surface area contributed by atoms with E-state index in [1.165, 1.54) is 18.4 Å². The van der Waals surface area contributed by atoms with Crippen LogP contribution in [0.4, 0.5) is 5.13 Å². The highest BCUT2D eigenvalue weighted by molar-refractivity contribution is 7.17. The number of carbonyl (C=O) groups excluding carboxylic acids is 1. The monoisotopic (exact) mass is 381 g/mol. The molecule has 0 aliphatic heterocycles. The van der Waals surface area contributed by atoms with Crippen LogP contribution in [0.1, 0.15) is 22.2 Å². The lowest BCUT2D eigenvalue weighted by Crippen LogP contribution is -2.00. The van der Waals surface area contributed by atoms with Gasteiger partial charge in [-0.05, 0) is 36.8 Å². The summed E-state index contributed by atoms with van der Waals surface area (Å²) in [4.78, 5) is 17.0. The molecule has 1 heterocycles. The molecule has 0 fully saturated rings. The van der Waals surface area contributed by atoms with Crippen molar-refractivity contribution in [2.75, 3.05) is 19.1 Å². The van der Waals surface area contributed by atoms with Gasteiger partial charge in [0.1, 0.15) is 10.6 Å². The molecule has 0 spiro atoms. The van der Waals surface area contributed by atoms with Gasteiger partial charge in [0.05, 0.1) is 25.6 Å². The molecule has 1 aromatic heterocycles. The minimum Gasteiger partial charge on any atom is -0.494 e. The van der Waals surface area contributed by atoms with Crippen molar-refractivity contribution in [2.24, 2.45) is 5.10 Å². The summed E-state index contributed by atoms with van der Waals surface area (Å²) in [5.74, 6) is 0.396. The van der Waals surface area contributed by atoms with Crippen LogP contribution in [0.25, 0.3) is 11.3 Å². The molecular weight excluding hydrogens is 362 g/mol. The van der Waals surface area contributed by atoms with Crippen molar-refractivity contribution in [3.63, 3.8) is 0 Å². The first-order valence-electron chi connectivity index (χ1n) is 8.37. The first-order chi connectivity index (χ1) is 13.2. The summed E-state index contributed by atoms with van der Waals surface area (Å²) in [5.41, 5.74) is 5.22. The van der Waals surface area contributed by atoms with E-state index in [9.17, 15) is 4.79 Å². The predicted molar refractivity (Wildman–Crippen MR) is 108 cm³/mol. The summed E-state index contributed by atoms with van der Waals surface area (Å²) in [5, 5.41) is 4.71. The Morgan fingerprint density at radius 1 is 1.19 bits per heavy atom. The van der Waals surface area contributed by atoms with Crippen molar-refractivity contribution in [1.82, 2.24) is 4.98 Å². The van der Waals surface area contributed by atoms with Crippen LogP contribution in [-0.4, -0.2) is 30.9 Å². The van der Waals surface area contributed by atoms with Gasteiger partial charge in [-0.3, -0.25) is 5.43 Å². The second-order valence-corrected chi connectivity index (χ2v) is 6.43. The van der Waals surface area contributed by atoms with Crippen LogP contribution < -0.4 is 10.2 Å². The average Bonchev–Trinajstić information content (AvgIpc) is 3.14. The van der Waals surface area contributed by atoms with E-state index in [2.05, 4.69) is 15.5 Å². The van der Waals surface area contributed by atoms with Crippen LogP contribution in [0, 0.1) is 0 Å². The molecule has 27 heavy (non-hydrogen) atoms. The largest absolute Gasteiger partial charge is 0.494 e. The average molecular weight is 381 g/mol. The van der Waals surface area contributed by atoms with E-state index in [4.69, 9.17) is 9.47 Å². The van der Waals surface area contributed by atoms with Crippen molar-refractivity contribution in [1.29, 1.82) is 0 Å². The highest BCUT2D eigenvalue weighted by atomic mass is 32.1. The predicted octanol–water partition coefficient (Wildman–Crippen LogP) is 4.44. The lowest BCUT2D eigenvalue weighted by atomic mass is 10.1. The molecule has 0 amide bonds. The normalized spacial score (nSPS) is 10.7. The molecule has 6 nitrogen and oxygen atoms in total. The van der Waals surface area contributed by atoms with Crippen LogP contribution in [0.3, 0.4) is 0 Å². The number of nitrogens with one attached hydrogen (secondary N) is 1. The third-order valence-corrected chi connectivity index (χ3v) is 4.55. The van der Waals surface area contributed by atoms with E-state index in [1.807, 2.05) is 61.5 Å². The number of esters is 1. The fraction of sp³-hybridized carbons (Fsp3) is 0.150. The van der Waals surface area contributed by atoms with Gasteiger partial charge in [-0.15, -0.1) is 0 Å². The molecule has 0 saturated heterocycles. The minimum absolute atomic E-state index is 0.421. The Balaban J connectivity index is 1.77. The fourth-order valence-corrected chi connectivity index (χ4v) is 3.22. The minimum atomic E-state index is -0.421. The van der Waals surface area contributed by atoms with Gasteiger partial charge in [0.25, 0.3) is 0 Å². The molecule has 1 N–H and O–H groups in total. The standard InChI is InChI=1S/C20H19N3O3S/c1-3-26-16-11-9-14(10-12-16)13-21-23-20-22-17(15-7-5-4-6-8-15)18(27-20)19(24)25-2/h4-13H,3H2,1-2H3,(H,22,23)/b21-13-. The number of ether oxygens (including phenoxy) is 2. The summed E-state index contributed by atoms with van der Waals surface area (Å²) in [7, 11) is 1.36. The second-order valence-electron chi connectivity index (χ2n) is 5.43. The third kappa shape index (κ3) is 4.71. The van der Waals surface area contributed by atoms with Crippen molar-refractivity contribution in [3.8, 4) is 17.0 Å². The van der Waals surface area contributed by atoms with Gasteiger partial charge in [-0.1, -0.05) is 41.7 Å². The zero-order valence-corrected chi connectivity index (χ0v) is 15.8. The quantitative estimate of drug-likeness (QED) is 0.372. The highest BCUT2D eigenvalue weighted by Crippen LogP contribution is 2.31. The van der Waals surface area contributed by atoms with Crippen molar-refractivity contribution in [2.45, 2.75) is 6.92 Å². The summed E-state index contributed by atoms with van der Waals surface area (Å²) in [6.45, 7) is 2.57. The molecule has 3 rings (SSSR count). The molecule has 0 bridgehead atoms. The lowest BCUT2D eigenvalue weighted by molar-refractivity contribution is 0.0607. The van der Waals surface area contributed by atoms with Gasteiger partial charge in [0.15, 0.2) is 0 Å². The van der Waals surface area contributed by atoms with Crippen molar-refractivity contribution in [3.05, 3.63) is 65.0 Å². The molecular formula is C20H19N3O3S. The Hall–Kier alpha value is -3.19. The number of anilines is 1. The van der Waals surface area contributed by atoms with E-state index in [-0.39, 0.29) is 0 Å². The summed E-state index contributed by atoms with van der Waals surface area (Å²) in [6, 6.07) is 17.1. The maximum Gasteiger partial charge on any atom is 0.350 e. The molecule has 7 heteroatoms. The van der Waals surface area contributed by atoms with Gasteiger partial charge in [0.2, 0.25) is 5.13 Å². The Kier molecular flexibility index (Phi) is 6.17. The van der Waals surface area contributed by atoms with Crippen LogP contribution in [-0.2, 0) is 4.74 Å². The van der Waals surface area contributed by atoms with Crippen molar-refractivity contribution < 1.29 is 14.3 Å². The molecule has 3 aromatic rings. The third-order valence-electron chi connectivity index (χ3n) is 3.61. The van der Waals surface area contributed by atoms with E-state index in [0.717, 1.165) is 16.9 Å². The number of hydrogen-bond donors (Lipinski definition) is 1. The molecule has 0 saturated carbocycles. The molecule has 2 aromatic carbocycles. The molecule has 0 radical (unpaired) electrons. The highest BCUT2D eigenvalue weighted by Gasteiger charge is 2.19. The number of methoxy groups -OCH3 is 1. The maximum absolute atomic E-state index is 12.1. The summed E-state index contributed by atoms with van der Waals surface area (Å²) >= 11 is 1.20. The molecule has 0 aliphatic rings. The van der Waals surface area contributed by atoms with Gasteiger partial charge in [-0.25, -0.2) is 9.78 Å². The SMILES string of the molecule is CCOc1ccc(/C=N\Nc2nc(-c3ccccc3)c(C(=O)OC)s2)cc1. The number of hydrazone groups is 1. The van der Waals surface area contributed by atoms with E-state index >= 15 is 0 Å². The number of nitrogens with zero attached hydrogens (tertiary/aromatic N) is 2. The number of aromatic nitrogens is 1. The van der Waals surface area contributed by atoms with Gasteiger partial charge < -0.3 is 9.47 Å². The topological polar surface area (TPSA) is 72.8 Å². The van der Waals surface area contributed by atoms with Crippen LogP contribution in [0.2, 0.25) is 0 Å². The summed E-state index contributed by atoms with van der Waals surface area (Å²) < 4.78 is 10.3. The Morgan fingerprint density at radius 3 is 2.59 bits per heavy atom. The Bertz CT molecular complexity index is 921. The van der Waals surface area contributed by atoms with Gasteiger partial charge >= 0.3 is 5.97 Å². The number of hydrogen-bond acceptors (Lipinski definition) is 7. The molecule has 0 aliphatic carbocycles. The van der Waals surface area contributed by atoms with E-state index < -0.39 is 5.97 Å². The smallest absolute Gasteiger partial charge is 0.350 e. The number of rotatable bonds is 7. The number of benzene rings is 2. The van der Waals surface area contributed by atoms with Crippen LogP contribution >= 0.6 is 11.3 Å². The number of carbonyl (C=O) groups is 1. The van der Waals surface area contributed by atoms with E-state index in [1.54, 1.807) is 6.21 Å². The van der Waals surface area contributed by atoms with Crippen LogP contribution in [0.5, 0.6) is 5.75 Å². The fourth-order valence-electron chi connectivity index (χ4n) is 2.37. The Morgan fingerprint density at radius 2 is 1.93 bits per heavy atom. The second kappa shape index (κ2) is 8.95. The first-order valence-corrected chi connectivity index (χ1v) is 9.19. The lowest BCUT2D eigenvalue weighted by Gasteiger charge is -2.01. The van der Waals surface area contributed by atoms with E-state index in [0.29, 0.717) is 22.3 Å². The maximum atomic E-state index is 12.1. The van der Waals surface area contributed by atoms with Gasteiger partial charge in [0, 0.05) is 5.56 Å². The summed E-state index contributed by atoms with van der Waals surface area (Å²) in [6.07, 6.45) is 1.68. The first kappa shape index (κ1) is 18.6. The molecule has 0 atom stereocenters. The zero-order chi connectivity index (χ0) is 19.1. The molecule has 138 valence electrons. The number of thiazole rings is 1. The molecule has 0 unspecified atom stereocenters.